The molecule has 5 heteroatoms. The third-order valence-corrected chi connectivity index (χ3v) is 4.38. The number of rotatable bonds is 4. The first-order valence-corrected chi connectivity index (χ1v) is 8.17. The van der Waals surface area contributed by atoms with Gasteiger partial charge in [-0.05, 0) is 30.5 Å². The van der Waals surface area contributed by atoms with Gasteiger partial charge in [-0.3, -0.25) is 9.36 Å². The standard InChI is InChI=1S/C18H16N2O2S/c1-13-7-9-15(10-8-13)20-17(22)11-16(21)19-18(20)23-12-14-5-3-2-4-6-14/h2-11,21H,12H2,1H3/p-1. The van der Waals surface area contributed by atoms with Gasteiger partial charge in [-0.1, -0.05) is 59.8 Å². The highest BCUT2D eigenvalue weighted by Gasteiger charge is 2.09. The van der Waals surface area contributed by atoms with Gasteiger partial charge in [0.05, 0.1) is 5.69 Å². The van der Waals surface area contributed by atoms with Gasteiger partial charge in [0, 0.05) is 11.8 Å². The molecule has 0 saturated heterocycles. The molecule has 0 aliphatic rings. The van der Waals surface area contributed by atoms with E-state index in [0.29, 0.717) is 16.6 Å². The zero-order valence-electron chi connectivity index (χ0n) is 12.6. The quantitative estimate of drug-likeness (QED) is 0.547. The van der Waals surface area contributed by atoms with Gasteiger partial charge in [0.2, 0.25) is 0 Å². The van der Waals surface area contributed by atoms with Crippen molar-refractivity contribution in [1.29, 1.82) is 0 Å². The van der Waals surface area contributed by atoms with Crippen LogP contribution in [-0.4, -0.2) is 9.55 Å². The number of nitrogens with zero attached hydrogens (tertiary/aromatic N) is 2. The third kappa shape index (κ3) is 3.63. The molecule has 23 heavy (non-hydrogen) atoms. The van der Waals surface area contributed by atoms with Crippen molar-refractivity contribution in [3.8, 4) is 11.6 Å². The molecule has 1 heterocycles. The molecular formula is C18H15N2O2S-. The van der Waals surface area contributed by atoms with Gasteiger partial charge in [-0.25, -0.2) is 4.98 Å². The van der Waals surface area contributed by atoms with E-state index in [0.717, 1.165) is 17.2 Å². The van der Waals surface area contributed by atoms with Crippen LogP contribution in [0.1, 0.15) is 11.1 Å². The molecule has 0 spiro atoms. The molecule has 3 aromatic rings. The highest BCUT2D eigenvalue weighted by molar-refractivity contribution is 7.98. The van der Waals surface area contributed by atoms with Crippen molar-refractivity contribution >= 4 is 11.8 Å². The molecule has 116 valence electrons. The van der Waals surface area contributed by atoms with Gasteiger partial charge in [0.15, 0.2) is 5.16 Å². The zero-order valence-corrected chi connectivity index (χ0v) is 13.4. The summed E-state index contributed by atoms with van der Waals surface area (Å²) >= 11 is 1.38. The normalized spacial score (nSPS) is 10.7. The summed E-state index contributed by atoms with van der Waals surface area (Å²) in [6.45, 7) is 1.98. The highest BCUT2D eigenvalue weighted by atomic mass is 32.2. The zero-order chi connectivity index (χ0) is 16.2. The van der Waals surface area contributed by atoms with E-state index in [1.165, 1.54) is 16.3 Å². The average molecular weight is 323 g/mol. The molecule has 0 bridgehead atoms. The summed E-state index contributed by atoms with van der Waals surface area (Å²) in [6.07, 6.45) is 0. The number of hydrogen-bond donors (Lipinski definition) is 0. The first-order valence-electron chi connectivity index (χ1n) is 7.18. The lowest BCUT2D eigenvalue weighted by molar-refractivity contribution is -0.276. The summed E-state index contributed by atoms with van der Waals surface area (Å²) < 4.78 is 1.48. The monoisotopic (exact) mass is 323 g/mol. The molecule has 0 N–H and O–H groups in total. The van der Waals surface area contributed by atoms with Crippen LogP contribution in [0, 0.1) is 6.92 Å². The minimum Gasteiger partial charge on any atom is -0.858 e. The number of aryl methyl sites for hydroxylation is 1. The second kappa shape index (κ2) is 6.71. The molecule has 0 saturated carbocycles. The second-order valence-corrected chi connectivity index (χ2v) is 6.10. The first-order chi connectivity index (χ1) is 11.1. The smallest absolute Gasteiger partial charge is 0.258 e. The maximum atomic E-state index is 12.3. The van der Waals surface area contributed by atoms with Crippen LogP contribution >= 0.6 is 11.8 Å². The van der Waals surface area contributed by atoms with Crippen LogP contribution in [0.2, 0.25) is 0 Å². The van der Waals surface area contributed by atoms with E-state index in [4.69, 9.17) is 0 Å². The Kier molecular flexibility index (Phi) is 4.48. The maximum Gasteiger partial charge on any atom is 0.258 e. The van der Waals surface area contributed by atoms with Crippen LogP contribution in [-0.2, 0) is 5.75 Å². The summed E-state index contributed by atoms with van der Waals surface area (Å²) in [7, 11) is 0. The van der Waals surface area contributed by atoms with Crippen LogP contribution in [0.5, 0.6) is 5.88 Å². The van der Waals surface area contributed by atoms with Gasteiger partial charge in [0.25, 0.3) is 5.56 Å². The van der Waals surface area contributed by atoms with Crippen molar-refractivity contribution in [1.82, 2.24) is 9.55 Å². The fourth-order valence-corrected chi connectivity index (χ4v) is 3.16. The minimum atomic E-state index is -0.506. The molecule has 0 aliphatic heterocycles. The minimum absolute atomic E-state index is 0.357. The molecule has 2 aromatic carbocycles. The fourth-order valence-electron chi connectivity index (χ4n) is 2.19. The average Bonchev–Trinajstić information content (AvgIpc) is 2.55. The van der Waals surface area contributed by atoms with Crippen molar-refractivity contribution in [3.05, 3.63) is 82.1 Å². The van der Waals surface area contributed by atoms with Crippen LogP contribution in [0.15, 0.2) is 70.6 Å². The van der Waals surface area contributed by atoms with Gasteiger partial charge in [0.1, 0.15) is 0 Å². The van der Waals surface area contributed by atoms with E-state index in [-0.39, 0.29) is 5.56 Å². The summed E-state index contributed by atoms with van der Waals surface area (Å²) in [5.41, 5.74) is 2.57. The summed E-state index contributed by atoms with van der Waals surface area (Å²) in [5, 5.41) is 12.0. The number of benzene rings is 2. The van der Waals surface area contributed by atoms with E-state index in [2.05, 4.69) is 4.98 Å². The van der Waals surface area contributed by atoms with Crippen molar-refractivity contribution in [2.75, 3.05) is 0 Å². The van der Waals surface area contributed by atoms with Crippen molar-refractivity contribution in [2.24, 2.45) is 0 Å². The highest BCUT2D eigenvalue weighted by Crippen LogP contribution is 2.23. The number of aromatic nitrogens is 2. The molecule has 0 unspecified atom stereocenters. The molecule has 3 rings (SSSR count). The molecular weight excluding hydrogens is 308 g/mol. The van der Waals surface area contributed by atoms with Crippen molar-refractivity contribution in [2.45, 2.75) is 17.8 Å². The lowest BCUT2D eigenvalue weighted by Crippen LogP contribution is -2.21. The molecule has 0 amide bonds. The predicted octanol–water partition coefficient (Wildman–Crippen LogP) is 2.91. The molecule has 1 aromatic heterocycles. The first kappa shape index (κ1) is 15.4. The summed E-state index contributed by atoms with van der Waals surface area (Å²) in [4.78, 5) is 16.3. The number of hydrogen-bond acceptors (Lipinski definition) is 4. The lowest BCUT2D eigenvalue weighted by atomic mass is 10.2. The Morgan fingerprint density at radius 3 is 2.48 bits per heavy atom. The topological polar surface area (TPSA) is 57.9 Å². The van der Waals surface area contributed by atoms with Crippen LogP contribution in [0.25, 0.3) is 5.69 Å². The molecule has 0 fully saturated rings. The van der Waals surface area contributed by atoms with E-state index in [9.17, 15) is 9.90 Å². The molecule has 0 aliphatic carbocycles. The Balaban J connectivity index is 1.98. The van der Waals surface area contributed by atoms with Gasteiger partial charge < -0.3 is 5.11 Å². The lowest BCUT2D eigenvalue weighted by Gasteiger charge is -2.14. The second-order valence-electron chi connectivity index (χ2n) is 5.16. The van der Waals surface area contributed by atoms with E-state index in [1.807, 2.05) is 61.5 Å². The summed E-state index contributed by atoms with van der Waals surface area (Å²) in [5.74, 6) is 0.136. The molecule has 0 radical (unpaired) electrons. The van der Waals surface area contributed by atoms with E-state index < -0.39 is 5.88 Å². The van der Waals surface area contributed by atoms with Gasteiger partial charge in [-0.15, -0.1) is 0 Å². The Labute approximate surface area is 138 Å². The number of thioether (sulfide) groups is 1. The van der Waals surface area contributed by atoms with Gasteiger partial charge in [-0.2, -0.15) is 0 Å². The maximum absolute atomic E-state index is 12.3. The fraction of sp³-hybridized carbons (Fsp3) is 0.111. The molecule has 4 nitrogen and oxygen atoms in total. The molecule has 0 atom stereocenters. The van der Waals surface area contributed by atoms with Gasteiger partial charge >= 0.3 is 0 Å². The van der Waals surface area contributed by atoms with Crippen LogP contribution in [0.4, 0.5) is 0 Å². The van der Waals surface area contributed by atoms with Crippen LogP contribution in [0.3, 0.4) is 0 Å². The third-order valence-electron chi connectivity index (χ3n) is 3.37. The van der Waals surface area contributed by atoms with E-state index >= 15 is 0 Å². The van der Waals surface area contributed by atoms with Crippen LogP contribution < -0.4 is 10.7 Å². The largest absolute Gasteiger partial charge is 0.858 e. The van der Waals surface area contributed by atoms with E-state index in [1.54, 1.807) is 0 Å². The Bertz CT molecular complexity index is 858. The SMILES string of the molecule is Cc1ccc(-n2c(SCc3ccccc3)nc([O-])cc2=O)cc1. The Morgan fingerprint density at radius 1 is 1.09 bits per heavy atom. The summed E-state index contributed by atoms with van der Waals surface area (Å²) in [6, 6.07) is 18.5. The predicted molar refractivity (Wildman–Crippen MR) is 90.0 cm³/mol. The Hall–Kier alpha value is -2.53. The Morgan fingerprint density at radius 2 is 1.78 bits per heavy atom. The van der Waals surface area contributed by atoms with Crippen molar-refractivity contribution in [3.63, 3.8) is 0 Å². The van der Waals surface area contributed by atoms with Crippen molar-refractivity contribution < 1.29 is 5.11 Å².